The number of H-pyrrole nitrogens is 1. The van der Waals surface area contributed by atoms with Gasteiger partial charge in [0.2, 0.25) is 0 Å². The number of aromatic amines is 1. The molecule has 0 bridgehead atoms. The Hall–Kier alpha value is -1.62. The highest BCUT2D eigenvalue weighted by Gasteiger charge is 2.14. The van der Waals surface area contributed by atoms with Crippen LogP contribution in [0, 0.1) is 0 Å². The van der Waals surface area contributed by atoms with E-state index in [0.29, 0.717) is 12.5 Å². The number of aryl methyl sites for hydroxylation is 1. The Morgan fingerprint density at radius 1 is 1.53 bits per heavy atom. The van der Waals surface area contributed by atoms with Gasteiger partial charge in [-0.15, -0.1) is 0 Å². The smallest absolute Gasteiger partial charge is 0.110 e. The van der Waals surface area contributed by atoms with Crippen LogP contribution in [0.15, 0.2) is 18.5 Å². The van der Waals surface area contributed by atoms with Gasteiger partial charge in [0, 0.05) is 25.7 Å². The molecule has 2 heterocycles. The van der Waals surface area contributed by atoms with Gasteiger partial charge in [0.15, 0.2) is 0 Å². The molecule has 5 nitrogen and oxygen atoms in total. The second-order valence-corrected chi connectivity index (χ2v) is 4.24. The molecule has 1 atom stereocenters. The van der Waals surface area contributed by atoms with Crippen LogP contribution in [0.2, 0.25) is 0 Å². The van der Waals surface area contributed by atoms with E-state index in [1.54, 1.807) is 6.20 Å². The Morgan fingerprint density at radius 3 is 2.94 bits per heavy atom. The first-order valence-electron chi connectivity index (χ1n) is 5.99. The summed E-state index contributed by atoms with van der Waals surface area (Å²) in [5.41, 5.74) is 7.80. The van der Waals surface area contributed by atoms with Crippen molar-refractivity contribution in [2.75, 3.05) is 6.54 Å². The van der Waals surface area contributed by atoms with Gasteiger partial charge in [0.05, 0.1) is 17.6 Å². The summed E-state index contributed by atoms with van der Waals surface area (Å²) in [5.74, 6) is 1.30. The van der Waals surface area contributed by atoms with Crippen LogP contribution in [0.4, 0.5) is 0 Å². The van der Waals surface area contributed by atoms with Crippen LogP contribution >= 0.6 is 0 Å². The van der Waals surface area contributed by atoms with E-state index in [1.807, 2.05) is 24.0 Å². The molecule has 5 heteroatoms. The summed E-state index contributed by atoms with van der Waals surface area (Å²) in [6.07, 6.45) is 5.81. The molecule has 2 aromatic heterocycles. The molecule has 0 aromatic carbocycles. The van der Waals surface area contributed by atoms with Crippen LogP contribution in [0.1, 0.15) is 31.5 Å². The van der Waals surface area contributed by atoms with Crippen molar-refractivity contribution in [1.82, 2.24) is 19.7 Å². The van der Waals surface area contributed by atoms with Gasteiger partial charge in [-0.1, -0.05) is 13.3 Å². The second kappa shape index (κ2) is 5.14. The second-order valence-electron chi connectivity index (χ2n) is 4.24. The Kier molecular flexibility index (Phi) is 3.58. The summed E-state index contributed by atoms with van der Waals surface area (Å²) >= 11 is 0. The fourth-order valence-electron chi connectivity index (χ4n) is 2.03. The fraction of sp³-hybridized carbons (Fsp3) is 0.500. The largest absolute Gasteiger partial charge is 0.340 e. The molecule has 0 spiro atoms. The minimum atomic E-state index is 0.321. The summed E-state index contributed by atoms with van der Waals surface area (Å²) in [6, 6.07) is 1.97. The molecule has 0 saturated heterocycles. The van der Waals surface area contributed by atoms with Crippen molar-refractivity contribution in [3.8, 4) is 11.4 Å². The maximum atomic E-state index is 5.77. The van der Waals surface area contributed by atoms with E-state index in [4.69, 9.17) is 5.73 Å². The molecule has 0 aliphatic rings. The summed E-state index contributed by atoms with van der Waals surface area (Å²) in [5, 5.41) is 4.15. The van der Waals surface area contributed by atoms with Crippen LogP contribution in [-0.4, -0.2) is 26.3 Å². The van der Waals surface area contributed by atoms with E-state index >= 15 is 0 Å². The number of imidazole rings is 1. The molecular weight excluding hydrogens is 214 g/mol. The molecule has 3 N–H and O–H groups in total. The Balaban J connectivity index is 2.24. The first-order valence-corrected chi connectivity index (χ1v) is 5.99. The predicted octanol–water partition coefficient (Wildman–Crippen LogP) is 1.65. The number of hydrogen-bond donors (Lipinski definition) is 2. The third kappa shape index (κ3) is 2.39. The monoisotopic (exact) mass is 233 g/mol. The van der Waals surface area contributed by atoms with Gasteiger partial charge in [-0.3, -0.25) is 4.68 Å². The van der Waals surface area contributed by atoms with E-state index in [1.165, 1.54) is 0 Å². The highest BCUT2D eigenvalue weighted by molar-refractivity contribution is 5.53. The normalized spacial score (nSPS) is 12.9. The quantitative estimate of drug-likeness (QED) is 0.824. The summed E-state index contributed by atoms with van der Waals surface area (Å²) in [7, 11) is 1.92. The average molecular weight is 233 g/mol. The SMILES string of the molecule is CCCC(CN)c1ncc(-c2ccnn2C)[nH]1. The van der Waals surface area contributed by atoms with Crippen molar-refractivity contribution >= 4 is 0 Å². The number of nitrogens with two attached hydrogens (primary N) is 1. The zero-order valence-electron chi connectivity index (χ0n) is 10.3. The third-order valence-electron chi connectivity index (χ3n) is 3.00. The number of aromatic nitrogens is 4. The fourth-order valence-corrected chi connectivity index (χ4v) is 2.03. The first-order chi connectivity index (χ1) is 8.26. The highest BCUT2D eigenvalue weighted by atomic mass is 15.3. The molecule has 0 radical (unpaired) electrons. The number of nitrogens with one attached hydrogen (secondary N) is 1. The minimum absolute atomic E-state index is 0.321. The number of rotatable bonds is 5. The maximum Gasteiger partial charge on any atom is 0.110 e. The molecule has 17 heavy (non-hydrogen) atoms. The summed E-state index contributed by atoms with van der Waals surface area (Å²) in [4.78, 5) is 7.77. The first kappa shape index (κ1) is 11.9. The molecule has 0 aliphatic carbocycles. The van der Waals surface area contributed by atoms with Crippen molar-refractivity contribution in [2.45, 2.75) is 25.7 Å². The number of nitrogens with zero attached hydrogens (tertiary/aromatic N) is 3. The van der Waals surface area contributed by atoms with Crippen molar-refractivity contribution < 1.29 is 0 Å². The van der Waals surface area contributed by atoms with Crippen LogP contribution in [0.5, 0.6) is 0 Å². The lowest BCUT2D eigenvalue weighted by Gasteiger charge is -2.09. The summed E-state index contributed by atoms with van der Waals surface area (Å²) in [6.45, 7) is 2.79. The molecule has 0 saturated carbocycles. The standard InChI is InChI=1S/C12H19N5/c1-3-4-9(7-13)12-14-8-10(16-12)11-5-6-15-17(11)2/h5-6,8-9H,3-4,7,13H2,1-2H3,(H,14,16). The van der Waals surface area contributed by atoms with Gasteiger partial charge in [-0.25, -0.2) is 4.98 Å². The molecule has 92 valence electrons. The maximum absolute atomic E-state index is 5.77. The van der Waals surface area contributed by atoms with Crippen LogP contribution in [-0.2, 0) is 7.05 Å². The minimum Gasteiger partial charge on any atom is -0.340 e. The zero-order valence-corrected chi connectivity index (χ0v) is 10.3. The average Bonchev–Trinajstić information content (AvgIpc) is 2.94. The van der Waals surface area contributed by atoms with Crippen molar-refractivity contribution in [2.24, 2.45) is 12.8 Å². The number of hydrogen-bond acceptors (Lipinski definition) is 3. The highest BCUT2D eigenvalue weighted by Crippen LogP contribution is 2.21. The van der Waals surface area contributed by atoms with E-state index in [9.17, 15) is 0 Å². The van der Waals surface area contributed by atoms with Crippen LogP contribution in [0.25, 0.3) is 11.4 Å². The molecule has 2 aromatic rings. The van der Waals surface area contributed by atoms with Gasteiger partial charge in [0.25, 0.3) is 0 Å². The molecule has 1 unspecified atom stereocenters. The lowest BCUT2D eigenvalue weighted by atomic mass is 10.0. The zero-order chi connectivity index (χ0) is 12.3. The molecule has 0 amide bonds. The molecule has 2 rings (SSSR count). The predicted molar refractivity (Wildman–Crippen MR) is 67.5 cm³/mol. The third-order valence-corrected chi connectivity index (χ3v) is 3.00. The van der Waals surface area contributed by atoms with E-state index in [-0.39, 0.29) is 0 Å². The van der Waals surface area contributed by atoms with Gasteiger partial charge in [-0.2, -0.15) is 5.10 Å². The van der Waals surface area contributed by atoms with Crippen molar-refractivity contribution in [1.29, 1.82) is 0 Å². The topological polar surface area (TPSA) is 72.5 Å². The molecule has 0 fully saturated rings. The lowest BCUT2D eigenvalue weighted by Crippen LogP contribution is -2.13. The lowest BCUT2D eigenvalue weighted by molar-refractivity contribution is 0.595. The Morgan fingerprint density at radius 2 is 2.35 bits per heavy atom. The Bertz CT molecular complexity index is 471. The van der Waals surface area contributed by atoms with Crippen molar-refractivity contribution in [3.05, 3.63) is 24.3 Å². The molecular formula is C12H19N5. The van der Waals surface area contributed by atoms with Crippen molar-refractivity contribution in [3.63, 3.8) is 0 Å². The summed E-state index contributed by atoms with van der Waals surface area (Å²) < 4.78 is 1.83. The van der Waals surface area contributed by atoms with Crippen LogP contribution < -0.4 is 5.73 Å². The van der Waals surface area contributed by atoms with Crippen LogP contribution in [0.3, 0.4) is 0 Å². The Labute approximate surface area is 101 Å². The molecule has 0 aliphatic heterocycles. The van der Waals surface area contributed by atoms with E-state index < -0.39 is 0 Å². The van der Waals surface area contributed by atoms with E-state index in [2.05, 4.69) is 22.0 Å². The van der Waals surface area contributed by atoms with E-state index in [0.717, 1.165) is 30.1 Å². The van der Waals surface area contributed by atoms with Gasteiger partial charge < -0.3 is 10.7 Å². The van der Waals surface area contributed by atoms with Gasteiger partial charge in [0.1, 0.15) is 5.82 Å². The van der Waals surface area contributed by atoms with Gasteiger partial charge in [-0.05, 0) is 12.5 Å². The van der Waals surface area contributed by atoms with Gasteiger partial charge >= 0.3 is 0 Å².